The fourth-order valence-corrected chi connectivity index (χ4v) is 3.65. The lowest BCUT2D eigenvalue weighted by Crippen LogP contribution is -2.45. The highest BCUT2D eigenvalue weighted by atomic mass is 16.1. The van der Waals surface area contributed by atoms with E-state index in [-0.39, 0.29) is 5.91 Å². The third kappa shape index (κ3) is 2.62. The molecule has 0 bridgehead atoms. The van der Waals surface area contributed by atoms with E-state index in [1.165, 1.54) is 12.8 Å². The van der Waals surface area contributed by atoms with Gasteiger partial charge in [-0.1, -0.05) is 0 Å². The highest BCUT2D eigenvalue weighted by Gasteiger charge is 2.39. The Morgan fingerprint density at radius 1 is 1.43 bits per heavy atom. The van der Waals surface area contributed by atoms with Gasteiger partial charge in [0, 0.05) is 30.7 Å². The van der Waals surface area contributed by atoms with Crippen LogP contribution >= 0.6 is 0 Å². The van der Waals surface area contributed by atoms with E-state index in [9.17, 15) is 4.79 Å². The number of anilines is 1. The zero-order valence-electron chi connectivity index (χ0n) is 12.9. The molecule has 3 rings (SSSR count). The fraction of sp³-hybridized carbons (Fsp3) is 0.625. The number of carbonyl (C=O) groups is 1. The number of piperidine rings is 1. The van der Waals surface area contributed by atoms with Gasteiger partial charge in [-0.25, -0.2) is 4.98 Å². The molecule has 3 heterocycles. The second kappa shape index (κ2) is 5.30. The number of hydrogen-bond donors (Lipinski definition) is 2. The number of rotatable bonds is 2. The van der Waals surface area contributed by atoms with Crippen LogP contribution in [0.2, 0.25) is 0 Å². The Kier molecular flexibility index (Phi) is 3.61. The molecule has 0 aromatic carbocycles. The molecule has 1 amide bonds. The predicted molar refractivity (Wildman–Crippen MR) is 83.6 cm³/mol. The number of pyridine rings is 1. The Morgan fingerprint density at radius 3 is 2.90 bits per heavy atom. The van der Waals surface area contributed by atoms with Crippen molar-refractivity contribution in [2.24, 2.45) is 11.1 Å². The molecular formula is C16H24N4O. The largest absolute Gasteiger partial charge is 0.365 e. The first kappa shape index (κ1) is 14.3. The van der Waals surface area contributed by atoms with E-state index in [1.807, 2.05) is 19.9 Å². The molecule has 1 aromatic heterocycles. The van der Waals surface area contributed by atoms with Crippen LogP contribution in [0, 0.1) is 19.3 Å². The average Bonchev–Trinajstić information content (AvgIpc) is 2.89. The molecule has 0 radical (unpaired) electrons. The molecule has 2 aliphatic rings. The standard InChI is InChI=1S/C16H24N4O/c1-11-8-13(14(17)21)15(19-12(11)2)20-7-3-4-16(10-20)5-6-18-9-16/h8,18H,3-7,9-10H2,1-2H3,(H2,17,21). The second-order valence-corrected chi connectivity index (χ2v) is 6.58. The van der Waals surface area contributed by atoms with Crippen molar-refractivity contribution in [3.8, 4) is 0 Å². The van der Waals surface area contributed by atoms with Crippen molar-refractivity contribution in [2.75, 3.05) is 31.1 Å². The van der Waals surface area contributed by atoms with Gasteiger partial charge in [-0.15, -0.1) is 0 Å². The quantitative estimate of drug-likeness (QED) is 0.862. The third-order valence-corrected chi connectivity index (χ3v) is 5.00. The third-order valence-electron chi connectivity index (χ3n) is 5.00. The Balaban J connectivity index is 1.95. The van der Waals surface area contributed by atoms with Crippen LogP contribution in [0.25, 0.3) is 0 Å². The lowest BCUT2D eigenvalue weighted by molar-refractivity contribution is 0.1000. The van der Waals surface area contributed by atoms with Gasteiger partial charge in [0.25, 0.3) is 5.91 Å². The first-order valence-corrected chi connectivity index (χ1v) is 7.74. The van der Waals surface area contributed by atoms with Crippen molar-refractivity contribution in [3.63, 3.8) is 0 Å². The zero-order chi connectivity index (χ0) is 15.0. The SMILES string of the molecule is Cc1cc(C(N)=O)c(N2CCCC3(CCNC3)C2)nc1C. The topological polar surface area (TPSA) is 71.2 Å². The van der Waals surface area contributed by atoms with Gasteiger partial charge in [0.15, 0.2) is 0 Å². The summed E-state index contributed by atoms with van der Waals surface area (Å²) in [5.74, 6) is 0.390. The van der Waals surface area contributed by atoms with E-state index >= 15 is 0 Å². The lowest BCUT2D eigenvalue weighted by atomic mass is 9.79. The molecule has 1 atom stereocenters. The molecule has 0 saturated carbocycles. The van der Waals surface area contributed by atoms with Crippen LogP contribution in [0.3, 0.4) is 0 Å². The monoisotopic (exact) mass is 288 g/mol. The van der Waals surface area contributed by atoms with E-state index in [4.69, 9.17) is 5.73 Å². The second-order valence-electron chi connectivity index (χ2n) is 6.58. The van der Waals surface area contributed by atoms with Crippen molar-refractivity contribution < 1.29 is 4.79 Å². The van der Waals surface area contributed by atoms with E-state index in [1.54, 1.807) is 0 Å². The van der Waals surface area contributed by atoms with E-state index < -0.39 is 0 Å². The number of nitrogens with zero attached hydrogens (tertiary/aromatic N) is 2. The van der Waals surface area contributed by atoms with Crippen LogP contribution in [0.1, 0.15) is 40.9 Å². The molecule has 2 saturated heterocycles. The number of carbonyl (C=O) groups excluding carboxylic acids is 1. The zero-order valence-corrected chi connectivity index (χ0v) is 12.9. The van der Waals surface area contributed by atoms with E-state index in [0.29, 0.717) is 11.0 Å². The van der Waals surface area contributed by atoms with Gasteiger partial charge in [0.1, 0.15) is 5.82 Å². The summed E-state index contributed by atoms with van der Waals surface area (Å²) < 4.78 is 0. The summed E-state index contributed by atoms with van der Waals surface area (Å²) in [6.07, 6.45) is 3.61. The normalized spacial score (nSPS) is 25.5. The van der Waals surface area contributed by atoms with Crippen LogP contribution in [-0.2, 0) is 0 Å². The predicted octanol–water partition coefficient (Wildman–Crippen LogP) is 1.38. The minimum Gasteiger partial charge on any atom is -0.365 e. The maximum atomic E-state index is 11.8. The molecular weight excluding hydrogens is 264 g/mol. The highest BCUT2D eigenvalue weighted by molar-refractivity contribution is 5.98. The molecule has 3 N–H and O–H groups in total. The smallest absolute Gasteiger partial charge is 0.252 e. The van der Waals surface area contributed by atoms with Gasteiger partial charge in [0.2, 0.25) is 0 Å². The number of nitrogens with one attached hydrogen (secondary N) is 1. The van der Waals surface area contributed by atoms with Crippen LogP contribution in [0.4, 0.5) is 5.82 Å². The van der Waals surface area contributed by atoms with Crippen molar-refractivity contribution in [1.82, 2.24) is 10.3 Å². The van der Waals surface area contributed by atoms with Crippen molar-refractivity contribution in [3.05, 3.63) is 22.9 Å². The molecule has 0 aliphatic carbocycles. The minimum absolute atomic E-state index is 0.341. The molecule has 1 spiro atoms. The van der Waals surface area contributed by atoms with E-state index in [0.717, 1.165) is 49.7 Å². The first-order valence-electron chi connectivity index (χ1n) is 7.74. The maximum Gasteiger partial charge on any atom is 0.252 e. The van der Waals surface area contributed by atoms with Crippen molar-refractivity contribution in [1.29, 1.82) is 0 Å². The van der Waals surface area contributed by atoms with Crippen LogP contribution < -0.4 is 16.0 Å². The summed E-state index contributed by atoms with van der Waals surface area (Å²) in [7, 11) is 0. The number of aryl methyl sites for hydroxylation is 2. The lowest BCUT2D eigenvalue weighted by Gasteiger charge is -2.41. The molecule has 21 heavy (non-hydrogen) atoms. The summed E-state index contributed by atoms with van der Waals surface area (Å²) >= 11 is 0. The minimum atomic E-state index is -0.384. The molecule has 1 unspecified atom stereocenters. The molecule has 5 heteroatoms. The molecule has 114 valence electrons. The average molecular weight is 288 g/mol. The van der Waals surface area contributed by atoms with Crippen LogP contribution in [-0.4, -0.2) is 37.1 Å². The molecule has 5 nitrogen and oxygen atoms in total. The Hall–Kier alpha value is -1.62. The van der Waals surface area contributed by atoms with Gasteiger partial charge in [0.05, 0.1) is 5.56 Å². The molecule has 2 aliphatic heterocycles. The van der Waals surface area contributed by atoms with Gasteiger partial charge >= 0.3 is 0 Å². The number of aromatic nitrogens is 1. The van der Waals surface area contributed by atoms with Crippen molar-refractivity contribution >= 4 is 11.7 Å². The van der Waals surface area contributed by atoms with Gasteiger partial charge < -0.3 is 16.0 Å². The summed E-state index contributed by atoms with van der Waals surface area (Å²) in [6, 6.07) is 1.88. The molecule has 1 aromatic rings. The number of amides is 1. The molecule has 2 fully saturated rings. The van der Waals surface area contributed by atoms with Gasteiger partial charge in [-0.05, 0) is 51.3 Å². The Labute approximate surface area is 125 Å². The van der Waals surface area contributed by atoms with Gasteiger partial charge in [-0.2, -0.15) is 0 Å². The number of primary amides is 1. The summed E-state index contributed by atoms with van der Waals surface area (Å²) in [5.41, 5.74) is 8.45. The number of nitrogens with two attached hydrogens (primary N) is 1. The van der Waals surface area contributed by atoms with Gasteiger partial charge in [-0.3, -0.25) is 4.79 Å². The maximum absolute atomic E-state index is 11.8. The van der Waals surface area contributed by atoms with Crippen LogP contribution in [0.5, 0.6) is 0 Å². The Morgan fingerprint density at radius 2 is 2.24 bits per heavy atom. The number of hydrogen-bond acceptors (Lipinski definition) is 4. The summed E-state index contributed by atoms with van der Waals surface area (Å²) in [6.45, 7) is 8.04. The summed E-state index contributed by atoms with van der Waals surface area (Å²) in [5, 5.41) is 3.47. The fourth-order valence-electron chi connectivity index (χ4n) is 3.65. The Bertz CT molecular complexity index is 564. The van der Waals surface area contributed by atoms with Crippen molar-refractivity contribution in [2.45, 2.75) is 33.1 Å². The highest BCUT2D eigenvalue weighted by Crippen LogP contribution is 2.37. The first-order chi connectivity index (χ1) is 10.0. The van der Waals surface area contributed by atoms with E-state index in [2.05, 4.69) is 15.2 Å². The van der Waals surface area contributed by atoms with Crippen LogP contribution in [0.15, 0.2) is 6.07 Å². The summed E-state index contributed by atoms with van der Waals surface area (Å²) in [4.78, 5) is 18.7.